The maximum Gasteiger partial charge on any atom is 0.409 e. The highest BCUT2D eigenvalue weighted by atomic mass is 19.1. The van der Waals surface area contributed by atoms with E-state index in [2.05, 4.69) is 18.7 Å². The van der Waals surface area contributed by atoms with Gasteiger partial charge < -0.3 is 9.64 Å². The maximum absolute atomic E-state index is 13.1. The second kappa shape index (κ2) is 8.29. The van der Waals surface area contributed by atoms with Crippen molar-refractivity contribution in [1.29, 1.82) is 0 Å². The van der Waals surface area contributed by atoms with Crippen LogP contribution in [-0.4, -0.2) is 48.2 Å². The van der Waals surface area contributed by atoms with Crippen molar-refractivity contribution in [3.05, 3.63) is 35.6 Å². The molecule has 1 heterocycles. The molecule has 1 fully saturated rings. The zero-order valence-electron chi connectivity index (χ0n) is 14.3. The van der Waals surface area contributed by atoms with Crippen molar-refractivity contribution in [3.63, 3.8) is 0 Å². The van der Waals surface area contributed by atoms with Gasteiger partial charge in [-0.05, 0) is 37.0 Å². The van der Waals surface area contributed by atoms with Gasteiger partial charge in [-0.2, -0.15) is 0 Å². The Morgan fingerprint density at radius 2 is 2.00 bits per heavy atom. The molecule has 23 heavy (non-hydrogen) atoms. The predicted octanol–water partition coefficient (Wildman–Crippen LogP) is 3.51. The van der Waals surface area contributed by atoms with E-state index in [1.165, 1.54) is 12.1 Å². The molecule has 1 saturated heterocycles. The SMILES string of the molecule is CCOC(=O)N1CCCN(Cc2ccc(F)cc2)[C@@H](C(C)C)C1. The second-order valence-electron chi connectivity index (χ2n) is 6.41. The lowest BCUT2D eigenvalue weighted by atomic mass is 10.0. The molecule has 1 aromatic rings. The summed E-state index contributed by atoms with van der Waals surface area (Å²) in [6.45, 7) is 9.70. The number of halogens is 1. The van der Waals surface area contributed by atoms with E-state index in [1.54, 1.807) is 0 Å². The fourth-order valence-electron chi connectivity index (χ4n) is 3.10. The molecule has 0 unspecified atom stereocenters. The van der Waals surface area contributed by atoms with Crippen LogP contribution in [0.3, 0.4) is 0 Å². The molecule has 128 valence electrons. The number of rotatable bonds is 4. The van der Waals surface area contributed by atoms with Crippen LogP contribution in [0.1, 0.15) is 32.8 Å². The zero-order valence-corrected chi connectivity index (χ0v) is 14.3. The van der Waals surface area contributed by atoms with Gasteiger partial charge in [0.15, 0.2) is 0 Å². The molecule has 4 nitrogen and oxygen atoms in total. The van der Waals surface area contributed by atoms with Crippen LogP contribution in [0.5, 0.6) is 0 Å². The van der Waals surface area contributed by atoms with Gasteiger partial charge in [0.1, 0.15) is 5.82 Å². The summed E-state index contributed by atoms with van der Waals surface area (Å²) < 4.78 is 18.2. The number of nitrogens with zero attached hydrogens (tertiary/aromatic N) is 2. The molecule has 1 atom stereocenters. The summed E-state index contributed by atoms with van der Waals surface area (Å²) in [5, 5.41) is 0. The zero-order chi connectivity index (χ0) is 16.8. The van der Waals surface area contributed by atoms with Crippen LogP contribution >= 0.6 is 0 Å². The van der Waals surface area contributed by atoms with Crippen molar-refractivity contribution in [2.24, 2.45) is 5.92 Å². The van der Waals surface area contributed by atoms with E-state index in [4.69, 9.17) is 4.74 Å². The lowest BCUT2D eigenvalue weighted by Crippen LogP contribution is -2.45. The first-order chi connectivity index (χ1) is 11.0. The minimum atomic E-state index is -0.221. The van der Waals surface area contributed by atoms with E-state index < -0.39 is 0 Å². The Bertz CT molecular complexity index is 504. The van der Waals surface area contributed by atoms with Gasteiger partial charge in [-0.25, -0.2) is 9.18 Å². The van der Waals surface area contributed by atoms with Crippen LogP contribution in [-0.2, 0) is 11.3 Å². The Morgan fingerprint density at radius 3 is 2.61 bits per heavy atom. The molecule has 1 amide bonds. The Balaban J connectivity index is 2.09. The summed E-state index contributed by atoms with van der Waals surface area (Å²) in [7, 11) is 0. The van der Waals surface area contributed by atoms with Gasteiger partial charge in [0, 0.05) is 32.2 Å². The van der Waals surface area contributed by atoms with E-state index >= 15 is 0 Å². The van der Waals surface area contributed by atoms with Gasteiger partial charge in [0.2, 0.25) is 0 Å². The number of hydrogen-bond acceptors (Lipinski definition) is 3. The predicted molar refractivity (Wildman–Crippen MR) is 88.6 cm³/mol. The lowest BCUT2D eigenvalue weighted by Gasteiger charge is -2.34. The fraction of sp³-hybridized carbons (Fsp3) is 0.611. The number of carbonyl (C=O) groups is 1. The number of ether oxygens (including phenoxy) is 1. The molecular weight excluding hydrogens is 295 g/mol. The summed E-state index contributed by atoms with van der Waals surface area (Å²) in [5.41, 5.74) is 1.10. The molecule has 1 aliphatic rings. The molecule has 1 aliphatic heterocycles. The quantitative estimate of drug-likeness (QED) is 0.850. The van der Waals surface area contributed by atoms with E-state index in [-0.39, 0.29) is 18.0 Å². The van der Waals surface area contributed by atoms with Crippen molar-refractivity contribution in [3.8, 4) is 0 Å². The molecule has 0 saturated carbocycles. The molecule has 0 spiro atoms. The van der Waals surface area contributed by atoms with Crippen LogP contribution in [0.4, 0.5) is 9.18 Å². The Hall–Kier alpha value is -1.62. The van der Waals surface area contributed by atoms with Crippen LogP contribution < -0.4 is 0 Å². The summed E-state index contributed by atoms with van der Waals surface area (Å²) in [6.07, 6.45) is 0.699. The first kappa shape index (κ1) is 17.7. The van der Waals surface area contributed by atoms with Crippen LogP contribution in [0.25, 0.3) is 0 Å². The summed E-state index contributed by atoms with van der Waals surface area (Å²) in [4.78, 5) is 16.3. The van der Waals surface area contributed by atoms with Crippen molar-refractivity contribution in [2.45, 2.75) is 39.8 Å². The molecule has 2 rings (SSSR count). The summed E-state index contributed by atoms with van der Waals surface area (Å²) in [6, 6.07) is 6.94. The number of benzene rings is 1. The second-order valence-corrected chi connectivity index (χ2v) is 6.41. The topological polar surface area (TPSA) is 32.8 Å². The number of carbonyl (C=O) groups excluding carboxylic acids is 1. The summed E-state index contributed by atoms with van der Waals surface area (Å²) in [5.74, 6) is 0.212. The molecule has 0 aromatic heterocycles. The largest absolute Gasteiger partial charge is 0.450 e. The van der Waals surface area contributed by atoms with Crippen LogP contribution in [0, 0.1) is 11.7 Å². The summed E-state index contributed by atoms with van der Waals surface area (Å²) >= 11 is 0. The third kappa shape index (κ3) is 4.93. The highest BCUT2D eigenvalue weighted by molar-refractivity contribution is 5.67. The molecule has 0 N–H and O–H groups in total. The van der Waals surface area contributed by atoms with E-state index in [0.717, 1.165) is 31.6 Å². The van der Waals surface area contributed by atoms with Crippen molar-refractivity contribution < 1.29 is 13.9 Å². The van der Waals surface area contributed by atoms with Gasteiger partial charge >= 0.3 is 6.09 Å². The van der Waals surface area contributed by atoms with E-state index in [1.807, 2.05) is 24.0 Å². The van der Waals surface area contributed by atoms with Gasteiger partial charge in [-0.1, -0.05) is 26.0 Å². The average Bonchev–Trinajstić information content (AvgIpc) is 2.72. The van der Waals surface area contributed by atoms with Crippen LogP contribution in [0.2, 0.25) is 0 Å². The first-order valence-electron chi connectivity index (χ1n) is 8.41. The first-order valence-corrected chi connectivity index (χ1v) is 8.41. The van der Waals surface area contributed by atoms with Crippen molar-refractivity contribution in [2.75, 3.05) is 26.2 Å². The van der Waals surface area contributed by atoms with Crippen molar-refractivity contribution in [1.82, 2.24) is 9.80 Å². The van der Waals surface area contributed by atoms with Gasteiger partial charge in [-0.15, -0.1) is 0 Å². The maximum atomic E-state index is 13.1. The molecule has 0 bridgehead atoms. The molecule has 1 aromatic carbocycles. The smallest absolute Gasteiger partial charge is 0.409 e. The molecule has 0 aliphatic carbocycles. The Kier molecular flexibility index (Phi) is 6.39. The lowest BCUT2D eigenvalue weighted by molar-refractivity contribution is 0.0914. The number of amides is 1. The van der Waals surface area contributed by atoms with E-state index in [9.17, 15) is 9.18 Å². The Labute approximate surface area is 138 Å². The monoisotopic (exact) mass is 322 g/mol. The normalized spacial score (nSPS) is 19.7. The Morgan fingerprint density at radius 1 is 1.30 bits per heavy atom. The van der Waals surface area contributed by atoms with Gasteiger partial charge in [0.25, 0.3) is 0 Å². The third-order valence-corrected chi connectivity index (χ3v) is 4.34. The van der Waals surface area contributed by atoms with E-state index in [0.29, 0.717) is 19.1 Å². The van der Waals surface area contributed by atoms with Gasteiger partial charge in [-0.3, -0.25) is 4.90 Å². The average molecular weight is 322 g/mol. The third-order valence-electron chi connectivity index (χ3n) is 4.34. The van der Waals surface area contributed by atoms with Crippen LogP contribution in [0.15, 0.2) is 24.3 Å². The minimum Gasteiger partial charge on any atom is -0.450 e. The molecule has 5 heteroatoms. The molecular formula is C18H27FN2O2. The fourth-order valence-corrected chi connectivity index (χ4v) is 3.10. The van der Waals surface area contributed by atoms with Gasteiger partial charge in [0.05, 0.1) is 6.61 Å². The minimum absolute atomic E-state index is 0.210. The van der Waals surface area contributed by atoms with Crippen molar-refractivity contribution >= 4 is 6.09 Å². The number of hydrogen-bond donors (Lipinski definition) is 0. The highest BCUT2D eigenvalue weighted by Crippen LogP contribution is 2.20. The highest BCUT2D eigenvalue weighted by Gasteiger charge is 2.30. The molecule has 0 radical (unpaired) electrons. The standard InChI is InChI=1S/C18H27FN2O2/c1-4-23-18(22)21-11-5-10-20(17(13-21)14(2)3)12-15-6-8-16(19)9-7-15/h6-9,14,17H,4-5,10-13H2,1-3H3/t17-/m1/s1.